The van der Waals surface area contributed by atoms with Crippen molar-refractivity contribution in [2.24, 2.45) is 11.1 Å². The predicted octanol–water partition coefficient (Wildman–Crippen LogP) is 1.85. The number of nitrogens with zero attached hydrogens (tertiary/aromatic N) is 2. The molecule has 0 aromatic rings. The molecule has 0 aliphatic heterocycles. The van der Waals surface area contributed by atoms with Crippen molar-refractivity contribution in [3.63, 3.8) is 0 Å². The highest BCUT2D eigenvalue weighted by atomic mass is 32.2. The molecule has 0 fully saturated rings. The molecule has 0 aliphatic rings. The van der Waals surface area contributed by atoms with Crippen LogP contribution in [0.3, 0.4) is 0 Å². The van der Waals surface area contributed by atoms with Gasteiger partial charge in [-0.05, 0) is 50.9 Å². The maximum absolute atomic E-state index is 13.3. The lowest BCUT2D eigenvalue weighted by atomic mass is 9.97. The van der Waals surface area contributed by atoms with Crippen molar-refractivity contribution in [1.29, 1.82) is 0 Å². The summed E-state index contributed by atoms with van der Waals surface area (Å²) in [4.78, 5) is 40.6. The molecule has 0 saturated heterocycles. The first-order valence-electron chi connectivity index (χ1n) is 11.4. The number of carbonyl (C=O) groups is 3. The minimum Gasteiger partial charge on any atom is -0.390 e. The van der Waals surface area contributed by atoms with Crippen LogP contribution in [-0.2, 0) is 14.4 Å². The molecule has 3 amide bonds. The largest absolute Gasteiger partial charge is 0.390 e. The number of aliphatic hydroxyl groups is 1. The highest BCUT2D eigenvalue weighted by molar-refractivity contribution is 7.99. The fourth-order valence-corrected chi connectivity index (χ4v) is 4.27. The van der Waals surface area contributed by atoms with E-state index >= 15 is 0 Å². The van der Waals surface area contributed by atoms with Crippen molar-refractivity contribution in [2.75, 3.05) is 38.7 Å². The summed E-state index contributed by atoms with van der Waals surface area (Å²) in [5, 5.41) is 13.6. The van der Waals surface area contributed by atoms with E-state index in [0.29, 0.717) is 18.6 Å². The Balaban J connectivity index is 5.17. The van der Waals surface area contributed by atoms with Gasteiger partial charge in [0.2, 0.25) is 17.7 Å². The zero-order chi connectivity index (χ0) is 25.1. The van der Waals surface area contributed by atoms with Gasteiger partial charge in [-0.3, -0.25) is 14.4 Å². The summed E-state index contributed by atoms with van der Waals surface area (Å²) >= 11 is 1.62. The minimum absolute atomic E-state index is 0.0243. The fraction of sp³-hybridized carbons (Fsp3) is 0.870. The molecule has 0 unspecified atom stereocenters. The zero-order valence-corrected chi connectivity index (χ0v) is 22.2. The molecule has 0 spiro atoms. The van der Waals surface area contributed by atoms with Crippen molar-refractivity contribution in [3.8, 4) is 0 Å². The number of primary amides is 1. The van der Waals surface area contributed by atoms with Gasteiger partial charge in [-0.15, -0.1) is 0 Å². The summed E-state index contributed by atoms with van der Waals surface area (Å²) in [6.45, 7) is 13.4. The molecular formula is C23H46N4O4S. The van der Waals surface area contributed by atoms with Crippen LogP contribution in [0, 0.1) is 5.41 Å². The van der Waals surface area contributed by atoms with Crippen LogP contribution in [-0.4, -0.2) is 89.0 Å². The Kier molecular flexibility index (Phi) is 13.5. The number of nitrogens with two attached hydrogens (primary N) is 1. The van der Waals surface area contributed by atoms with Crippen LogP contribution >= 0.6 is 11.8 Å². The monoisotopic (exact) mass is 474 g/mol. The van der Waals surface area contributed by atoms with Crippen molar-refractivity contribution < 1.29 is 19.5 Å². The average molecular weight is 475 g/mol. The second kappa shape index (κ2) is 14.1. The lowest BCUT2D eigenvalue weighted by molar-refractivity contribution is -0.147. The number of amides is 3. The first-order chi connectivity index (χ1) is 14.6. The summed E-state index contributed by atoms with van der Waals surface area (Å²) in [7, 11) is 3.14. The van der Waals surface area contributed by atoms with Crippen LogP contribution < -0.4 is 11.1 Å². The molecule has 0 heterocycles. The summed E-state index contributed by atoms with van der Waals surface area (Å²) in [5.41, 5.74) is 4.60. The molecule has 0 aromatic carbocycles. The van der Waals surface area contributed by atoms with Gasteiger partial charge in [-0.1, -0.05) is 27.7 Å². The Morgan fingerprint density at radius 2 is 1.66 bits per heavy atom. The highest BCUT2D eigenvalue weighted by Crippen LogP contribution is 2.19. The SMILES string of the molecule is CCCC(=O)N(C)[C@H](CSCCCNCC(C)(C)C)C(=O)N(C)[C@@H](CC(C)(C)O)C(N)=O. The van der Waals surface area contributed by atoms with Crippen LogP contribution in [0.5, 0.6) is 0 Å². The highest BCUT2D eigenvalue weighted by Gasteiger charge is 2.36. The molecule has 8 nitrogen and oxygen atoms in total. The third kappa shape index (κ3) is 12.6. The zero-order valence-electron chi connectivity index (χ0n) is 21.4. The molecule has 0 bridgehead atoms. The van der Waals surface area contributed by atoms with Gasteiger partial charge in [-0.2, -0.15) is 11.8 Å². The van der Waals surface area contributed by atoms with Gasteiger partial charge in [0.1, 0.15) is 12.1 Å². The number of nitrogens with one attached hydrogen (secondary N) is 1. The molecule has 2 atom stereocenters. The van der Waals surface area contributed by atoms with Gasteiger partial charge in [0.15, 0.2) is 0 Å². The summed E-state index contributed by atoms with van der Waals surface area (Å²) in [6.07, 6.45) is 2.02. The molecule has 4 N–H and O–H groups in total. The van der Waals surface area contributed by atoms with Crippen LogP contribution in [0.4, 0.5) is 0 Å². The minimum atomic E-state index is -1.16. The molecular weight excluding hydrogens is 428 g/mol. The molecule has 188 valence electrons. The summed E-state index contributed by atoms with van der Waals surface area (Å²) in [6, 6.07) is -1.65. The molecule has 9 heteroatoms. The molecule has 0 rings (SSSR count). The van der Waals surface area contributed by atoms with E-state index in [4.69, 9.17) is 5.73 Å². The van der Waals surface area contributed by atoms with E-state index in [0.717, 1.165) is 25.3 Å². The maximum atomic E-state index is 13.3. The number of carbonyl (C=O) groups excluding carboxylic acids is 3. The summed E-state index contributed by atoms with van der Waals surface area (Å²) < 4.78 is 0. The van der Waals surface area contributed by atoms with Gasteiger partial charge < -0.3 is 26.0 Å². The number of likely N-dealkylation sites (N-methyl/N-ethyl adjacent to an activating group) is 2. The third-order valence-corrected chi connectivity index (χ3v) is 6.15. The Morgan fingerprint density at radius 3 is 2.12 bits per heavy atom. The Morgan fingerprint density at radius 1 is 1.06 bits per heavy atom. The molecule has 32 heavy (non-hydrogen) atoms. The van der Waals surface area contributed by atoms with E-state index < -0.39 is 23.6 Å². The smallest absolute Gasteiger partial charge is 0.246 e. The normalized spacial score (nSPS) is 14.0. The van der Waals surface area contributed by atoms with Gasteiger partial charge in [0.25, 0.3) is 0 Å². The standard InChI is InChI=1S/C23H46N4O4S/c1-9-11-19(28)26(7)18(15-32-13-10-12-25-16-22(2,3)4)21(30)27(8)17(20(24)29)14-23(5,6)31/h17-18,25,31H,9-16H2,1-8H3,(H2,24,29)/t17-,18+/m0/s1. The van der Waals surface area contributed by atoms with E-state index in [-0.39, 0.29) is 23.7 Å². The Hall–Kier alpha value is -1.32. The van der Waals surface area contributed by atoms with Crippen molar-refractivity contribution in [1.82, 2.24) is 15.1 Å². The number of rotatable bonds is 15. The van der Waals surface area contributed by atoms with Crippen LogP contribution in [0.15, 0.2) is 0 Å². The fourth-order valence-electron chi connectivity index (χ4n) is 3.16. The number of hydrogen-bond acceptors (Lipinski definition) is 6. The van der Waals surface area contributed by atoms with Gasteiger partial charge in [-0.25, -0.2) is 0 Å². The molecule has 0 aliphatic carbocycles. The van der Waals surface area contributed by atoms with E-state index in [1.165, 1.54) is 16.8 Å². The summed E-state index contributed by atoms with van der Waals surface area (Å²) in [5.74, 6) is 0.154. The lowest BCUT2D eigenvalue weighted by Crippen LogP contribution is -2.56. The number of thioether (sulfide) groups is 1. The third-order valence-electron chi connectivity index (χ3n) is 5.02. The Labute approximate surface area is 199 Å². The molecule has 0 aromatic heterocycles. The second-order valence-electron chi connectivity index (χ2n) is 10.3. The van der Waals surface area contributed by atoms with E-state index in [1.54, 1.807) is 32.7 Å². The van der Waals surface area contributed by atoms with Crippen LogP contribution in [0.1, 0.15) is 67.2 Å². The topological polar surface area (TPSA) is 116 Å². The second-order valence-corrected chi connectivity index (χ2v) is 11.5. The average Bonchev–Trinajstić information content (AvgIpc) is 2.65. The quantitative estimate of drug-likeness (QED) is 0.312. The van der Waals surface area contributed by atoms with E-state index in [9.17, 15) is 19.5 Å². The van der Waals surface area contributed by atoms with Crippen LogP contribution in [0.25, 0.3) is 0 Å². The van der Waals surface area contributed by atoms with Gasteiger partial charge >= 0.3 is 0 Å². The molecule has 0 radical (unpaired) electrons. The lowest BCUT2D eigenvalue weighted by Gasteiger charge is -2.35. The molecule has 0 saturated carbocycles. The first kappa shape index (κ1) is 30.7. The van der Waals surface area contributed by atoms with E-state index in [1.807, 2.05) is 6.92 Å². The first-order valence-corrected chi connectivity index (χ1v) is 12.6. The van der Waals surface area contributed by atoms with Crippen LogP contribution in [0.2, 0.25) is 0 Å². The van der Waals surface area contributed by atoms with Crippen molar-refractivity contribution >= 4 is 29.5 Å². The number of hydrogen-bond donors (Lipinski definition) is 3. The van der Waals surface area contributed by atoms with Gasteiger partial charge in [0, 0.05) is 32.7 Å². The van der Waals surface area contributed by atoms with Crippen molar-refractivity contribution in [2.45, 2.75) is 84.9 Å². The maximum Gasteiger partial charge on any atom is 0.246 e. The predicted molar refractivity (Wildman–Crippen MR) is 132 cm³/mol. The van der Waals surface area contributed by atoms with Crippen molar-refractivity contribution in [3.05, 3.63) is 0 Å². The van der Waals surface area contributed by atoms with E-state index in [2.05, 4.69) is 26.1 Å². The Bertz CT molecular complexity index is 602. The van der Waals surface area contributed by atoms with Gasteiger partial charge in [0.05, 0.1) is 5.60 Å².